The molecule has 0 radical (unpaired) electrons. The SMILES string of the molecule is Cc1c[cH-]c2cccc(-c3cc4ccccc4c4ccccc34)c12.[Cl-].[Cl-].[Zr+2]=[Si](c1ccccc1)c1ccccc1.c1ccc2c(c1)[cH-]c1ccccc12. The number of fused-ring (bicyclic) bond motifs is 7. The molecule has 0 nitrogen and oxygen atoms in total. The molecule has 0 aliphatic heterocycles. The molecule has 10 aromatic carbocycles. The third-order valence-corrected chi connectivity index (χ3v) is 15.8. The van der Waals surface area contributed by atoms with E-state index in [1.807, 2.05) is 0 Å². The Labute approximate surface area is 339 Å². The van der Waals surface area contributed by atoms with Crippen LogP contribution in [0, 0.1) is 6.92 Å². The molecular formula is C49H36Cl2SiZr-2. The van der Waals surface area contributed by atoms with Crippen molar-refractivity contribution >= 4 is 69.7 Å². The van der Waals surface area contributed by atoms with Crippen LogP contribution in [0.15, 0.2) is 200 Å². The summed E-state index contributed by atoms with van der Waals surface area (Å²) < 4.78 is 0. The van der Waals surface area contributed by atoms with Gasteiger partial charge in [0.2, 0.25) is 0 Å². The zero-order valence-corrected chi connectivity index (χ0v) is 34.3. The molecule has 0 saturated heterocycles. The smallest absolute Gasteiger partial charge is 0.0771 e. The summed E-state index contributed by atoms with van der Waals surface area (Å²) in [7, 11) is 0. The van der Waals surface area contributed by atoms with Crippen LogP contribution < -0.4 is 35.2 Å². The van der Waals surface area contributed by atoms with Gasteiger partial charge in [-0.25, -0.2) is 0 Å². The molecule has 10 rings (SSSR count). The van der Waals surface area contributed by atoms with Crippen LogP contribution in [0.1, 0.15) is 5.56 Å². The Hall–Kier alpha value is -4.56. The Balaban J connectivity index is 0.000000143. The minimum absolute atomic E-state index is 0. The number of rotatable bonds is 3. The van der Waals surface area contributed by atoms with E-state index in [2.05, 4.69) is 207 Å². The normalized spacial score (nSPS) is 10.5. The van der Waals surface area contributed by atoms with Gasteiger partial charge in [-0.1, -0.05) is 103 Å². The second kappa shape index (κ2) is 17.5. The fraction of sp³-hybridized carbons (Fsp3) is 0.0204. The van der Waals surface area contributed by atoms with Crippen molar-refractivity contribution in [3.05, 3.63) is 206 Å². The van der Waals surface area contributed by atoms with E-state index in [1.54, 1.807) is 23.3 Å². The van der Waals surface area contributed by atoms with Crippen molar-refractivity contribution in [2.75, 3.05) is 0 Å². The van der Waals surface area contributed by atoms with E-state index in [4.69, 9.17) is 0 Å². The van der Waals surface area contributed by atoms with Gasteiger partial charge in [0, 0.05) is 0 Å². The Morgan fingerprint density at radius 2 is 0.906 bits per heavy atom. The van der Waals surface area contributed by atoms with E-state index in [0.29, 0.717) is 0 Å². The molecule has 0 N–H and O–H groups in total. The number of halogens is 2. The second-order valence-corrected chi connectivity index (χ2v) is 18.5. The maximum atomic E-state index is 2.35. The first-order chi connectivity index (χ1) is 25.2. The van der Waals surface area contributed by atoms with Crippen LogP contribution in [0.3, 0.4) is 0 Å². The molecule has 0 heterocycles. The van der Waals surface area contributed by atoms with Crippen molar-refractivity contribution in [2.45, 2.75) is 6.92 Å². The number of hydrogen-bond acceptors (Lipinski definition) is 0. The summed E-state index contributed by atoms with van der Waals surface area (Å²) in [6.45, 7) is 2.20. The van der Waals surface area contributed by atoms with Crippen LogP contribution in [0.2, 0.25) is 0 Å². The summed E-state index contributed by atoms with van der Waals surface area (Å²) in [5.74, 6) is 0. The van der Waals surface area contributed by atoms with Gasteiger partial charge < -0.3 is 24.8 Å². The second-order valence-electron chi connectivity index (χ2n) is 12.9. The molecule has 256 valence electrons. The maximum Gasteiger partial charge on any atom is -0.0771 e. The van der Waals surface area contributed by atoms with Crippen molar-refractivity contribution in [3.8, 4) is 11.1 Å². The average molecular weight is 815 g/mol. The van der Waals surface area contributed by atoms with Crippen LogP contribution in [0.25, 0.3) is 65.0 Å². The van der Waals surface area contributed by atoms with Crippen molar-refractivity contribution in [1.29, 1.82) is 0 Å². The van der Waals surface area contributed by atoms with E-state index in [0.717, 1.165) is 0 Å². The van der Waals surface area contributed by atoms with Gasteiger partial charge in [-0.3, -0.25) is 0 Å². The average Bonchev–Trinajstić information content (AvgIpc) is 3.79. The number of hydrogen-bond donors (Lipinski definition) is 0. The molecule has 0 spiro atoms. The molecule has 0 saturated carbocycles. The summed E-state index contributed by atoms with van der Waals surface area (Å²) in [4.78, 5) is 0. The monoisotopic (exact) mass is 812 g/mol. The van der Waals surface area contributed by atoms with E-state index in [9.17, 15) is 0 Å². The minimum Gasteiger partial charge on any atom is -0.126 e. The maximum absolute atomic E-state index is 2.35. The zero-order chi connectivity index (χ0) is 34.6. The van der Waals surface area contributed by atoms with Gasteiger partial charge in [0.25, 0.3) is 0 Å². The summed E-state index contributed by atoms with van der Waals surface area (Å²) in [5.41, 5.74) is 3.54. The predicted octanol–water partition coefficient (Wildman–Crippen LogP) is 5.90. The van der Waals surface area contributed by atoms with Crippen LogP contribution in [-0.2, 0) is 23.3 Å². The molecule has 0 amide bonds. The Morgan fingerprint density at radius 3 is 1.51 bits per heavy atom. The minimum atomic E-state index is -0.455. The molecule has 10 aromatic rings. The van der Waals surface area contributed by atoms with Crippen LogP contribution in [0.5, 0.6) is 0 Å². The predicted molar refractivity (Wildman–Crippen MR) is 220 cm³/mol. The van der Waals surface area contributed by atoms with Crippen molar-refractivity contribution in [2.24, 2.45) is 0 Å². The van der Waals surface area contributed by atoms with Crippen LogP contribution >= 0.6 is 0 Å². The third kappa shape index (κ3) is 8.03. The molecule has 53 heavy (non-hydrogen) atoms. The zero-order valence-electron chi connectivity index (χ0n) is 29.3. The number of benzene rings is 8. The summed E-state index contributed by atoms with van der Waals surface area (Å²) in [6.07, 6.45) is 0. The molecule has 0 bridgehead atoms. The van der Waals surface area contributed by atoms with E-state index in [1.165, 1.54) is 80.9 Å². The largest absolute Gasteiger partial charge is 0.126 e. The fourth-order valence-electron chi connectivity index (χ4n) is 7.23. The van der Waals surface area contributed by atoms with Gasteiger partial charge >= 0.3 is 99.8 Å². The molecule has 0 unspecified atom stereocenters. The van der Waals surface area contributed by atoms with Crippen molar-refractivity contribution in [1.82, 2.24) is 0 Å². The first kappa shape index (κ1) is 38.2. The van der Waals surface area contributed by atoms with E-state index in [-0.39, 0.29) is 24.8 Å². The molecule has 0 aliphatic rings. The molecule has 0 aromatic heterocycles. The summed E-state index contributed by atoms with van der Waals surface area (Å²) in [6, 6.07) is 71.8. The first-order valence-corrected chi connectivity index (χ1v) is 22.6. The van der Waals surface area contributed by atoms with Crippen molar-refractivity contribution in [3.63, 3.8) is 0 Å². The Morgan fingerprint density at radius 1 is 0.434 bits per heavy atom. The van der Waals surface area contributed by atoms with Gasteiger partial charge in [0.1, 0.15) is 0 Å². The first-order valence-electron chi connectivity index (χ1n) is 17.4. The van der Waals surface area contributed by atoms with Crippen molar-refractivity contribution < 1.29 is 48.1 Å². The summed E-state index contributed by atoms with van der Waals surface area (Å²) >= 11 is 1.64. The van der Waals surface area contributed by atoms with Gasteiger partial charge in [0.05, 0.1) is 0 Å². The standard InChI is InChI=1S/C24H17.C13H9.C12H10Si.2ClH.Zr/c1-16-13-14-17-8-6-12-22(24(16)17)23-15-18-7-2-3-9-19(18)20-10-4-5-11-21(20)23;1-3-7-12-10(5-1)9-11-6-2-4-8-13(11)12;1-3-7-11(8-4-1)13-12-9-5-2-6-10-12;;;/h2-15H,1H3;1-9H;1-10H;2*1H;/q2*-1;;;;+2/p-2. The number of aryl methyl sites for hydroxylation is 1. The molecular weight excluding hydrogens is 779 g/mol. The topological polar surface area (TPSA) is 0 Å². The van der Waals surface area contributed by atoms with Crippen LogP contribution in [0.4, 0.5) is 0 Å². The van der Waals surface area contributed by atoms with Gasteiger partial charge in [0.15, 0.2) is 0 Å². The fourth-order valence-corrected chi connectivity index (χ4v) is 11.1. The van der Waals surface area contributed by atoms with E-state index < -0.39 is 5.43 Å². The quantitative estimate of drug-likeness (QED) is 0.119. The third-order valence-electron chi connectivity index (χ3n) is 9.71. The molecule has 0 aliphatic carbocycles. The molecule has 0 fully saturated rings. The van der Waals surface area contributed by atoms with Gasteiger partial charge in [-0.2, -0.15) is 11.6 Å². The molecule has 0 atom stereocenters. The van der Waals surface area contributed by atoms with E-state index >= 15 is 0 Å². The summed E-state index contributed by atoms with van der Waals surface area (Å²) in [5, 5.41) is 16.4. The Bertz CT molecular complexity index is 2690. The molecule has 4 heteroatoms. The van der Waals surface area contributed by atoms with Gasteiger partial charge in [-0.05, 0) is 33.2 Å². The van der Waals surface area contributed by atoms with Gasteiger partial charge in [-0.15, -0.1) is 68.7 Å². The Kier molecular flexibility index (Phi) is 12.6. The van der Waals surface area contributed by atoms with Crippen LogP contribution in [-0.4, -0.2) is 5.43 Å².